The first-order valence-electron chi connectivity index (χ1n) is 5.73. The maximum atomic E-state index is 8.42. The molecule has 1 rings (SSSR count). The van der Waals surface area contributed by atoms with Crippen LogP contribution in [-0.2, 0) is 0 Å². The summed E-state index contributed by atoms with van der Waals surface area (Å²) >= 11 is 0. The van der Waals surface area contributed by atoms with Crippen LogP contribution in [-0.4, -0.2) is 24.5 Å². The fourth-order valence-electron chi connectivity index (χ4n) is 2.27. The van der Waals surface area contributed by atoms with Crippen LogP contribution in [0.2, 0.25) is 0 Å². The summed E-state index contributed by atoms with van der Waals surface area (Å²) in [5, 5.41) is 8.42. The minimum absolute atomic E-state index is 0.507. The standard InChI is InChI=1S/C12H22N2/c1-12(2)7-6-10-14(11-12)9-5-3-4-8-13/h3-7,9-11H2,1-2H3. The van der Waals surface area contributed by atoms with Crippen LogP contribution in [0.1, 0.15) is 46.0 Å². The molecule has 2 nitrogen and oxygen atoms in total. The van der Waals surface area contributed by atoms with E-state index < -0.39 is 0 Å². The number of nitrogens with zero attached hydrogens (tertiary/aromatic N) is 2. The summed E-state index contributed by atoms with van der Waals surface area (Å²) in [7, 11) is 0. The van der Waals surface area contributed by atoms with E-state index in [9.17, 15) is 0 Å². The lowest BCUT2D eigenvalue weighted by atomic mass is 9.84. The molecular formula is C12H22N2. The van der Waals surface area contributed by atoms with E-state index in [1.807, 2.05) is 0 Å². The lowest BCUT2D eigenvalue weighted by Crippen LogP contribution is -2.40. The molecule has 0 atom stereocenters. The third-order valence-corrected chi connectivity index (χ3v) is 2.99. The number of rotatable bonds is 4. The molecule has 0 bridgehead atoms. The van der Waals surface area contributed by atoms with Crippen molar-refractivity contribution < 1.29 is 0 Å². The van der Waals surface area contributed by atoms with Gasteiger partial charge in [0.25, 0.3) is 0 Å². The maximum absolute atomic E-state index is 8.42. The first-order valence-corrected chi connectivity index (χ1v) is 5.73. The molecule has 0 unspecified atom stereocenters. The summed E-state index contributed by atoms with van der Waals surface area (Å²) in [6.07, 6.45) is 5.67. The zero-order chi connectivity index (χ0) is 10.4. The Morgan fingerprint density at radius 3 is 2.79 bits per heavy atom. The van der Waals surface area contributed by atoms with Crippen LogP contribution in [0.5, 0.6) is 0 Å². The fraction of sp³-hybridized carbons (Fsp3) is 0.917. The predicted molar refractivity (Wildman–Crippen MR) is 58.9 cm³/mol. The highest BCUT2D eigenvalue weighted by Gasteiger charge is 2.25. The SMILES string of the molecule is CC1(C)CCCN(CCCCC#N)C1. The molecule has 0 aromatic carbocycles. The van der Waals surface area contributed by atoms with E-state index in [0.717, 1.165) is 12.8 Å². The molecule has 0 aromatic rings. The maximum Gasteiger partial charge on any atom is 0.0621 e. The molecule has 1 fully saturated rings. The Hall–Kier alpha value is -0.550. The number of nitriles is 1. The number of hydrogen-bond acceptors (Lipinski definition) is 2. The average Bonchev–Trinajstić information content (AvgIpc) is 2.11. The highest BCUT2D eigenvalue weighted by Crippen LogP contribution is 2.28. The van der Waals surface area contributed by atoms with Crippen molar-refractivity contribution in [1.29, 1.82) is 5.26 Å². The third-order valence-electron chi connectivity index (χ3n) is 2.99. The second kappa shape index (κ2) is 5.36. The van der Waals surface area contributed by atoms with Gasteiger partial charge in [-0.1, -0.05) is 13.8 Å². The molecule has 80 valence electrons. The minimum Gasteiger partial charge on any atom is -0.303 e. The molecule has 0 saturated carbocycles. The van der Waals surface area contributed by atoms with Crippen molar-refractivity contribution >= 4 is 0 Å². The van der Waals surface area contributed by atoms with E-state index in [1.165, 1.54) is 38.9 Å². The first-order chi connectivity index (χ1) is 6.64. The lowest BCUT2D eigenvalue weighted by molar-refractivity contribution is 0.116. The fourth-order valence-corrected chi connectivity index (χ4v) is 2.27. The van der Waals surface area contributed by atoms with Gasteiger partial charge < -0.3 is 4.90 Å². The second-order valence-electron chi connectivity index (χ2n) is 5.16. The van der Waals surface area contributed by atoms with Crippen molar-refractivity contribution in [2.45, 2.75) is 46.0 Å². The van der Waals surface area contributed by atoms with E-state index >= 15 is 0 Å². The van der Waals surface area contributed by atoms with E-state index in [0.29, 0.717) is 5.41 Å². The van der Waals surface area contributed by atoms with Crippen molar-refractivity contribution in [2.75, 3.05) is 19.6 Å². The van der Waals surface area contributed by atoms with Gasteiger partial charge in [0, 0.05) is 13.0 Å². The summed E-state index contributed by atoms with van der Waals surface area (Å²) < 4.78 is 0. The Bertz CT molecular complexity index is 203. The quantitative estimate of drug-likeness (QED) is 0.643. The van der Waals surface area contributed by atoms with Crippen LogP contribution in [0.4, 0.5) is 0 Å². The van der Waals surface area contributed by atoms with Crippen molar-refractivity contribution in [3.05, 3.63) is 0 Å². The van der Waals surface area contributed by atoms with E-state index in [-0.39, 0.29) is 0 Å². The smallest absolute Gasteiger partial charge is 0.0621 e. The summed E-state index contributed by atoms with van der Waals surface area (Å²) in [4.78, 5) is 2.56. The van der Waals surface area contributed by atoms with Gasteiger partial charge in [-0.25, -0.2) is 0 Å². The van der Waals surface area contributed by atoms with Crippen LogP contribution in [0.25, 0.3) is 0 Å². The van der Waals surface area contributed by atoms with Gasteiger partial charge in [-0.2, -0.15) is 5.26 Å². The highest BCUT2D eigenvalue weighted by atomic mass is 15.1. The topological polar surface area (TPSA) is 27.0 Å². The van der Waals surface area contributed by atoms with Crippen LogP contribution in [0.15, 0.2) is 0 Å². The van der Waals surface area contributed by atoms with Gasteiger partial charge in [0.15, 0.2) is 0 Å². The van der Waals surface area contributed by atoms with Gasteiger partial charge >= 0.3 is 0 Å². The zero-order valence-electron chi connectivity index (χ0n) is 9.55. The third kappa shape index (κ3) is 4.11. The molecule has 1 aliphatic heterocycles. The normalized spacial score (nSPS) is 21.8. The monoisotopic (exact) mass is 194 g/mol. The molecule has 1 heterocycles. The Labute approximate surface area is 87.9 Å². The highest BCUT2D eigenvalue weighted by molar-refractivity contribution is 4.79. The van der Waals surface area contributed by atoms with Crippen LogP contribution < -0.4 is 0 Å². The molecule has 14 heavy (non-hydrogen) atoms. The predicted octanol–water partition coefficient (Wildman–Crippen LogP) is 2.80. The van der Waals surface area contributed by atoms with Gasteiger partial charge in [-0.15, -0.1) is 0 Å². The Balaban J connectivity index is 2.15. The zero-order valence-corrected chi connectivity index (χ0v) is 9.55. The number of unbranched alkanes of at least 4 members (excludes halogenated alkanes) is 2. The van der Waals surface area contributed by atoms with E-state index in [1.54, 1.807) is 0 Å². The van der Waals surface area contributed by atoms with Gasteiger partial charge in [-0.05, 0) is 44.2 Å². The molecule has 0 aliphatic carbocycles. The van der Waals surface area contributed by atoms with Crippen LogP contribution in [0.3, 0.4) is 0 Å². The lowest BCUT2D eigenvalue weighted by Gasteiger charge is -2.38. The number of piperidine rings is 1. The Morgan fingerprint density at radius 1 is 1.36 bits per heavy atom. The van der Waals surface area contributed by atoms with E-state index in [4.69, 9.17) is 5.26 Å². The summed E-state index contributed by atoms with van der Waals surface area (Å²) in [5.41, 5.74) is 0.507. The molecule has 2 heteroatoms. The van der Waals surface area contributed by atoms with Crippen molar-refractivity contribution in [3.8, 4) is 6.07 Å². The molecule has 0 radical (unpaired) electrons. The molecular weight excluding hydrogens is 172 g/mol. The first kappa shape index (κ1) is 11.5. The number of hydrogen-bond donors (Lipinski definition) is 0. The molecule has 0 amide bonds. The van der Waals surface area contributed by atoms with Crippen molar-refractivity contribution in [3.63, 3.8) is 0 Å². The molecule has 1 aliphatic rings. The Kier molecular flexibility index (Phi) is 4.41. The van der Waals surface area contributed by atoms with Gasteiger partial charge in [0.05, 0.1) is 6.07 Å². The number of likely N-dealkylation sites (tertiary alicyclic amines) is 1. The van der Waals surface area contributed by atoms with Gasteiger partial charge in [-0.3, -0.25) is 0 Å². The van der Waals surface area contributed by atoms with Crippen LogP contribution >= 0.6 is 0 Å². The molecule has 0 N–H and O–H groups in total. The van der Waals surface area contributed by atoms with E-state index in [2.05, 4.69) is 24.8 Å². The molecule has 0 spiro atoms. The van der Waals surface area contributed by atoms with Gasteiger partial charge in [0.1, 0.15) is 0 Å². The summed E-state index contributed by atoms with van der Waals surface area (Å²) in [6.45, 7) is 8.39. The van der Waals surface area contributed by atoms with Crippen LogP contribution in [0, 0.1) is 16.7 Å². The van der Waals surface area contributed by atoms with Crippen molar-refractivity contribution in [2.24, 2.45) is 5.41 Å². The molecule has 1 saturated heterocycles. The summed E-state index contributed by atoms with van der Waals surface area (Å²) in [6, 6.07) is 2.20. The Morgan fingerprint density at radius 2 is 2.14 bits per heavy atom. The molecule has 0 aromatic heterocycles. The largest absolute Gasteiger partial charge is 0.303 e. The second-order valence-corrected chi connectivity index (χ2v) is 5.16. The van der Waals surface area contributed by atoms with Crippen molar-refractivity contribution in [1.82, 2.24) is 4.90 Å². The minimum atomic E-state index is 0.507. The average molecular weight is 194 g/mol. The summed E-state index contributed by atoms with van der Waals surface area (Å²) in [5.74, 6) is 0. The van der Waals surface area contributed by atoms with Gasteiger partial charge in [0.2, 0.25) is 0 Å².